The van der Waals surface area contributed by atoms with E-state index in [-0.39, 0.29) is 11.9 Å². The lowest BCUT2D eigenvalue weighted by Gasteiger charge is -2.34. The van der Waals surface area contributed by atoms with Crippen LogP contribution < -0.4 is 5.73 Å². The standard InChI is InChI=1S/C14H16N4OS/c15-13(20)12-6-1-3-7-17(12)14(19)10-9-16-18-8-4-2-5-11(10)18/h2,4-5,8-9,12H,1,3,6-7H2,(H2,15,20). The van der Waals surface area contributed by atoms with Gasteiger partial charge in [-0.15, -0.1) is 0 Å². The van der Waals surface area contributed by atoms with Crippen LogP contribution in [0.3, 0.4) is 0 Å². The normalized spacial score (nSPS) is 19.2. The number of piperidine rings is 1. The van der Waals surface area contributed by atoms with E-state index >= 15 is 0 Å². The Kier molecular flexibility index (Phi) is 3.40. The van der Waals surface area contributed by atoms with Crippen molar-refractivity contribution in [3.63, 3.8) is 0 Å². The number of nitrogens with zero attached hydrogens (tertiary/aromatic N) is 3. The van der Waals surface area contributed by atoms with Crippen LogP contribution in [0.15, 0.2) is 30.6 Å². The molecule has 2 aromatic rings. The monoisotopic (exact) mass is 288 g/mol. The Morgan fingerprint density at radius 3 is 3.05 bits per heavy atom. The van der Waals surface area contributed by atoms with Gasteiger partial charge in [-0.1, -0.05) is 18.3 Å². The van der Waals surface area contributed by atoms with E-state index in [2.05, 4.69) is 5.10 Å². The van der Waals surface area contributed by atoms with E-state index in [0.29, 0.717) is 17.1 Å². The van der Waals surface area contributed by atoms with Gasteiger partial charge in [0.1, 0.15) is 0 Å². The third-order valence-electron chi connectivity index (χ3n) is 3.75. The summed E-state index contributed by atoms with van der Waals surface area (Å²) < 4.78 is 1.70. The van der Waals surface area contributed by atoms with E-state index in [1.54, 1.807) is 15.6 Å². The van der Waals surface area contributed by atoms with Gasteiger partial charge < -0.3 is 10.6 Å². The fourth-order valence-electron chi connectivity index (χ4n) is 2.72. The summed E-state index contributed by atoms with van der Waals surface area (Å²) in [5, 5.41) is 4.21. The summed E-state index contributed by atoms with van der Waals surface area (Å²) >= 11 is 5.10. The van der Waals surface area contributed by atoms with Crippen LogP contribution in [0, 0.1) is 0 Å². The van der Waals surface area contributed by atoms with Gasteiger partial charge in [0.15, 0.2) is 0 Å². The molecule has 1 fully saturated rings. The third-order valence-corrected chi connectivity index (χ3v) is 4.02. The minimum Gasteiger partial charge on any atom is -0.392 e. The van der Waals surface area contributed by atoms with Crippen molar-refractivity contribution in [1.82, 2.24) is 14.5 Å². The van der Waals surface area contributed by atoms with E-state index in [0.717, 1.165) is 24.8 Å². The summed E-state index contributed by atoms with van der Waals surface area (Å²) in [5.74, 6) is -0.0382. The predicted octanol–water partition coefficient (Wildman–Crippen LogP) is 1.62. The second kappa shape index (κ2) is 5.20. The van der Waals surface area contributed by atoms with E-state index in [9.17, 15) is 4.79 Å². The van der Waals surface area contributed by atoms with Crippen molar-refractivity contribution in [2.75, 3.05) is 6.54 Å². The van der Waals surface area contributed by atoms with Crippen LogP contribution in [0.5, 0.6) is 0 Å². The van der Waals surface area contributed by atoms with Crippen molar-refractivity contribution in [3.8, 4) is 0 Å². The summed E-state index contributed by atoms with van der Waals surface area (Å²) in [4.78, 5) is 14.9. The minimum absolute atomic E-state index is 0.0382. The van der Waals surface area contributed by atoms with E-state index < -0.39 is 0 Å². The molecule has 0 radical (unpaired) electrons. The number of amides is 1. The van der Waals surface area contributed by atoms with Crippen LogP contribution >= 0.6 is 12.2 Å². The minimum atomic E-state index is -0.134. The van der Waals surface area contributed by atoms with Gasteiger partial charge in [0, 0.05) is 12.7 Å². The van der Waals surface area contributed by atoms with Crippen LogP contribution in [0.2, 0.25) is 0 Å². The molecule has 1 unspecified atom stereocenters. The molecule has 2 aromatic heterocycles. The molecule has 0 spiro atoms. The molecule has 3 heterocycles. The van der Waals surface area contributed by atoms with Crippen LogP contribution in [0.1, 0.15) is 29.6 Å². The van der Waals surface area contributed by atoms with Crippen molar-refractivity contribution >= 4 is 28.6 Å². The van der Waals surface area contributed by atoms with Crippen LogP contribution in [-0.2, 0) is 0 Å². The van der Waals surface area contributed by atoms with Gasteiger partial charge in [0.05, 0.1) is 28.3 Å². The summed E-state index contributed by atoms with van der Waals surface area (Å²) in [7, 11) is 0. The molecule has 0 bridgehead atoms. The predicted molar refractivity (Wildman–Crippen MR) is 80.7 cm³/mol. The van der Waals surface area contributed by atoms with Crippen molar-refractivity contribution in [3.05, 3.63) is 36.2 Å². The smallest absolute Gasteiger partial charge is 0.258 e. The molecular formula is C14H16N4OS. The number of pyridine rings is 1. The molecule has 1 saturated heterocycles. The van der Waals surface area contributed by atoms with Gasteiger partial charge in [-0.2, -0.15) is 5.10 Å². The first-order valence-corrected chi connectivity index (χ1v) is 7.12. The summed E-state index contributed by atoms with van der Waals surface area (Å²) in [6.45, 7) is 0.699. The first-order valence-electron chi connectivity index (χ1n) is 6.71. The largest absolute Gasteiger partial charge is 0.392 e. The van der Waals surface area contributed by atoms with E-state index in [1.807, 2.05) is 24.4 Å². The highest BCUT2D eigenvalue weighted by Gasteiger charge is 2.30. The quantitative estimate of drug-likeness (QED) is 0.853. The zero-order valence-electron chi connectivity index (χ0n) is 11.0. The summed E-state index contributed by atoms with van der Waals surface area (Å²) in [6, 6.07) is 5.53. The third kappa shape index (κ3) is 2.16. The number of nitrogens with two attached hydrogens (primary N) is 1. The van der Waals surface area contributed by atoms with Gasteiger partial charge >= 0.3 is 0 Å². The number of hydrogen-bond donors (Lipinski definition) is 1. The van der Waals surface area contributed by atoms with Gasteiger partial charge in [0.2, 0.25) is 0 Å². The van der Waals surface area contributed by atoms with Gasteiger partial charge in [-0.3, -0.25) is 4.79 Å². The topological polar surface area (TPSA) is 63.6 Å². The Labute approximate surface area is 122 Å². The Morgan fingerprint density at radius 2 is 2.25 bits per heavy atom. The molecule has 1 atom stereocenters. The fourth-order valence-corrected chi connectivity index (χ4v) is 2.97. The van der Waals surface area contributed by atoms with Crippen molar-refractivity contribution in [1.29, 1.82) is 0 Å². The maximum absolute atomic E-state index is 12.7. The number of thiocarbonyl (C=S) groups is 1. The number of carbonyl (C=O) groups is 1. The average Bonchev–Trinajstić information content (AvgIpc) is 2.90. The SMILES string of the molecule is NC(=S)C1CCCCN1C(=O)c1cnn2ccccc12. The lowest BCUT2D eigenvalue weighted by molar-refractivity contribution is 0.0683. The molecule has 104 valence electrons. The zero-order valence-corrected chi connectivity index (χ0v) is 11.8. The van der Waals surface area contributed by atoms with Gasteiger partial charge in [-0.25, -0.2) is 4.52 Å². The lowest BCUT2D eigenvalue weighted by Crippen LogP contribution is -2.49. The Hall–Kier alpha value is -1.95. The van der Waals surface area contributed by atoms with Crippen LogP contribution in [0.25, 0.3) is 5.52 Å². The molecule has 0 aliphatic carbocycles. The van der Waals surface area contributed by atoms with Gasteiger partial charge in [0.25, 0.3) is 5.91 Å². The molecule has 2 N–H and O–H groups in total. The van der Waals surface area contributed by atoms with Crippen LogP contribution in [-0.4, -0.2) is 38.0 Å². The zero-order chi connectivity index (χ0) is 14.1. The molecule has 0 saturated carbocycles. The molecule has 1 aliphatic heterocycles. The molecule has 0 aromatic carbocycles. The number of likely N-dealkylation sites (tertiary alicyclic amines) is 1. The van der Waals surface area contributed by atoms with E-state index in [4.69, 9.17) is 18.0 Å². The lowest BCUT2D eigenvalue weighted by atomic mass is 10.0. The molecule has 6 heteroatoms. The van der Waals surface area contributed by atoms with Crippen molar-refractivity contribution in [2.24, 2.45) is 5.73 Å². The average molecular weight is 288 g/mol. The first-order chi connectivity index (χ1) is 9.68. The van der Waals surface area contributed by atoms with Gasteiger partial charge in [-0.05, 0) is 31.4 Å². The number of carbonyl (C=O) groups excluding carboxylic acids is 1. The fraction of sp³-hybridized carbons (Fsp3) is 0.357. The van der Waals surface area contributed by atoms with Crippen molar-refractivity contribution in [2.45, 2.75) is 25.3 Å². The molecule has 5 nitrogen and oxygen atoms in total. The number of fused-ring (bicyclic) bond motifs is 1. The maximum Gasteiger partial charge on any atom is 0.258 e. The molecule has 1 aliphatic rings. The number of aromatic nitrogens is 2. The second-order valence-corrected chi connectivity index (χ2v) is 5.47. The first kappa shape index (κ1) is 13.1. The number of hydrogen-bond acceptors (Lipinski definition) is 3. The van der Waals surface area contributed by atoms with Crippen LogP contribution in [0.4, 0.5) is 0 Å². The highest BCUT2D eigenvalue weighted by molar-refractivity contribution is 7.80. The molecule has 20 heavy (non-hydrogen) atoms. The highest BCUT2D eigenvalue weighted by atomic mass is 32.1. The molecule has 3 rings (SSSR count). The van der Waals surface area contributed by atoms with E-state index in [1.165, 1.54) is 0 Å². The molecular weight excluding hydrogens is 272 g/mol. The Morgan fingerprint density at radius 1 is 1.40 bits per heavy atom. The Bertz CT molecular complexity index is 666. The molecule has 1 amide bonds. The highest BCUT2D eigenvalue weighted by Crippen LogP contribution is 2.21. The number of rotatable bonds is 2. The second-order valence-electron chi connectivity index (χ2n) is 5.00. The maximum atomic E-state index is 12.7. The summed E-state index contributed by atoms with van der Waals surface area (Å²) in [5.41, 5.74) is 7.19. The Balaban J connectivity index is 1.96. The van der Waals surface area contributed by atoms with Crippen molar-refractivity contribution < 1.29 is 4.79 Å². The summed E-state index contributed by atoms with van der Waals surface area (Å²) in [6.07, 6.45) is 6.33.